The van der Waals surface area contributed by atoms with E-state index < -0.39 is 0 Å². The smallest absolute Gasteiger partial charge is 0.206 e. The summed E-state index contributed by atoms with van der Waals surface area (Å²) in [4.78, 5) is 5.40. The molecule has 31 heavy (non-hydrogen) atoms. The van der Waals surface area contributed by atoms with Gasteiger partial charge >= 0.3 is 0 Å². The largest absolute Gasteiger partial charge is 0.497 e. The summed E-state index contributed by atoms with van der Waals surface area (Å²) in [7, 11) is 6.55. The molecular formula is C23H27N3O4S. The van der Waals surface area contributed by atoms with Crippen LogP contribution in [0.15, 0.2) is 51.9 Å². The molecule has 0 aliphatic rings. The Hall–Kier alpha value is -3.26. The van der Waals surface area contributed by atoms with E-state index in [1.165, 1.54) is 11.3 Å². The Bertz CT molecular complexity index is 1150. The summed E-state index contributed by atoms with van der Waals surface area (Å²) in [5.41, 5.74) is 3.38. The molecule has 0 aliphatic heterocycles. The molecule has 0 aliphatic carbocycles. The van der Waals surface area contributed by atoms with E-state index in [4.69, 9.17) is 24.0 Å². The molecule has 0 saturated heterocycles. The minimum Gasteiger partial charge on any atom is -0.497 e. The van der Waals surface area contributed by atoms with Crippen molar-refractivity contribution in [2.24, 2.45) is 10.1 Å². The minimum absolute atomic E-state index is 0.648. The summed E-state index contributed by atoms with van der Waals surface area (Å²) in [5.74, 6) is 2.87. The first-order chi connectivity index (χ1) is 15.1. The Kier molecular flexibility index (Phi) is 7.36. The summed E-state index contributed by atoms with van der Waals surface area (Å²) in [6, 6.07) is 11.4. The van der Waals surface area contributed by atoms with Crippen LogP contribution >= 0.6 is 11.3 Å². The van der Waals surface area contributed by atoms with Crippen molar-refractivity contribution in [3.63, 3.8) is 0 Å². The van der Waals surface area contributed by atoms with Crippen LogP contribution in [0.4, 0.5) is 0 Å². The van der Waals surface area contributed by atoms with Crippen LogP contribution in [0.2, 0.25) is 0 Å². The van der Waals surface area contributed by atoms with Crippen molar-refractivity contribution >= 4 is 17.0 Å². The fourth-order valence-electron chi connectivity index (χ4n) is 3.14. The first kappa shape index (κ1) is 22.4. The second kappa shape index (κ2) is 10.2. The maximum Gasteiger partial charge on any atom is 0.206 e. The maximum absolute atomic E-state index is 5.60. The highest BCUT2D eigenvalue weighted by atomic mass is 32.1. The van der Waals surface area contributed by atoms with E-state index in [1.807, 2.05) is 60.3 Å². The molecule has 3 aromatic rings. The van der Waals surface area contributed by atoms with Gasteiger partial charge in [0.05, 0.1) is 39.8 Å². The van der Waals surface area contributed by atoms with Gasteiger partial charge in [0.1, 0.15) is 23.0 Å². The molecule has 0 saturated carbocycles. The van der Waals surface area contributed by atoms with Gasteiger partial charge in [0.25, 0.3) is 0 Å². The van der Waals surface area contributed by atoms with Gasteiger partial charge in [0, 0.05) is 29.1 Å². The number of aromatic nitrogens is 1. The molecule has 1 aromatic heterocycles. The van der Waals surface area contributed by atoms with Crippen molar-refractivity contribution in [3.05, 3.63) is 52.1 Å². The van der Waals surface area contributed by atoms with Crippen LogP contribution in [0.5, 0.6) is 23.0 Å². The number of hydrogen-bond acceptors (Lipinski definition) is 7. The number of methoxy groups -OCH3 is 4. The third-order valence-corrected chi connectivity index (χ3v) is 5.56. The van der Waals surface area contributed by atoms with Crippen molar-refractivity contribution < 1.29 is 18.9 Å². The highest BCUT2D eigenvalue weighted by molar-refractivity contribution is 7.07. The Morgan fingerprint density at radius 2 is 1.58 bits per heavy atom. The normalized spacial score (nSPS) is 12.1. The molecule has 0 bridgehead atoms. The number of thiazole rings is 1. The van der Waals surface area contributed by atoms with Gasteiger partial charge in [-0.15, -0.1) is 11.3 Å². The summed E-state index contributed by atoms with van der Waals surface area (Å²) in [6.45, 7) is 4.59. The van der Waals surface area contributed by atoms with Crippen LogP contribution in [-0.4, -0.2) is 45.4 Å². The molecule has 0 fully saturated rings. The third-order valence-electron chi connectivity index (χ3n) is 4.71. The number of benzene rings is 2. The molecule has 0 amide bonds. The van der Waals surface area contributed by atoms with Crippen LogP contribution in [0.3, 0.4) is 0 Å². The van der Waals surface area contributed by atoms with Gasteiger partial charge in [-0.3, -0.25) is 4.99 Å². The molecule has 0 N–H and O–H groups in total. The van der Waals surface area contributed by atoms with Crippen LogP contribution in [0, 0.1) is 0 Å². The van der Waals surface area contributed by atoms with E-state index in [1.54, 1.807) is 28.4 Å². The highest BCUT2D eigenvalue weighted by Gasteiger charge is 2.15. The molecule has 1 heterocycles. The van der Waals surface area contributed by atoms with E-state index >= 15 is 0 Å². The quantitative estimate of drug-likeness (QED) is 0.485. The van der Waals surface area contributed by atoms with Gasteiger partial charge < -0.3 is 18.9 Å². The average molecular weight is 442 g/mol. The van der Waals surface area contributed by atoms with Crippen molar-refractivity contribution in [1.29, 1.82) is 0 Å². The standard InChI is InChI=1S/C23H27N3O4S/c1-7-24-23-26(25-15(2)18-10-8-17(28-4)13-22(18)30-6)20(14-31-23)19-12-16(27-3)9-11-21(19)29-5/h8-14H,7H2,1-6H3. The zero-order valence-corrected chi connectivity index (χ0v) is 19.4. The second-order valence-electron chi connectivity index (χ2n) is 6.51. The number of nitrogens with zero attached hydrogens (tertiary/aromatic N) is 3. The summed E-state index contributed by atoms with van der Waals surface area (Å²) >= 11 is 1.52. The molecule has 0 unspecified atom stereocenters. The lowest BCUT2D eigenvalue weighted by molar-refractivity contribution is 0.394. The lowest BCUT2D eigenvalue weighted by Gasteiger charge is -2.13. The zero-order chi connectivity index (χ0) is 22.4. The molecule has 3 rings (SSSR count). The van der Waals surface area contributed by atoms with Crippen LogP contribution < -0.4 is 23.7 Å². The Morgan fingerprint density at radius 3 is 2.23 bits per heavy atom. The molecule has 0 spiro atoms. The van der Waals surface area contributed by atoms with Gasteiger partial charge in [-0.2, -0.15) is 5.10 Å². The molecule has 8 heteroatoms. The fourth-order valence-corrected chi connectivity index (χ4v) is 4.03. The summed E-state index contributed by atoms with van der Waals surface area (Å²) in [6.07, 6.45) is 0. The van der Waals surface area contributed by atoms with E-state index in [9.17, 15) is 0 Å². The van der Waals surface area contributed by atoms with Crippen molar-refractivity contribution in [2.75, 3.05) is 35.0 Å². The summed E-state index contributed by atoms with van der Waals surface area (Å²) < 4.78 is 23.7. The Labute approximate surface area is 186 Å². The van der Waals surface area contributed by atoms with Crippen molar-refractivity contribution in [3.8, 4) is 34.3 Å². The fraction of sp³-hybridized carbons (Fsp3) is 0.304. The first-order valence-corrected chi connectivity index (χ1v) is 10.7. The van der Waals surface area contributed by atoms with Crippen LogP contribution in [0.1, 0.15) is 19.4 Å². The van der Waals surface area contributed by atoms with Crippen molar-refractivity contribution in [1.82, 2.24) is 4.68 Å². The molecule has 0 radical (unpaired) electrons. The maximum atomic E-state index is 5.60. The van der Waals surface area contributed by atoms with Crippen LogP contribution in [0.25, 0.3) is 11.3 Å². The number of ether oxygens (including phenoxy) is 4. The molecule has 7 nitrogen and oxygen atoms in total. The number of rotatable bonds is 8. The molecule has 2 aromatic carbocycles. The van der Waals surface area contributed by atoms with E-state index in [2.05, 4.69) is 4.99 Å². The van der Waals surface area contributed by atoms with Gasteiger partial charge in [-0.05, 0) is 44.2 Å². The molecule has 164 valence electrons. The number of hydrogen-bond donors (Lipinski definition) is 0. The van der Waals surface area contributed by atoms with E-state index in [0.29, 0.717) is 12.3 Å². The van der Waals surface area contributed by atoms with Crippen molar-refractivity contribution in [2.45, 2.75) is 13.8 Å². The predicted octanol–water partition coefficient (Wildman–Crippen LogP) is 4.44. The van der Waals surface area contributed by atoms with Gasteiger partial charge in [-0.1, -0.05) is 0 Å². The third kappa shape index (κ3) is 4.74. The minimum atomic E-state index is 0.648. The van der Waals surface area contributed by atoms with Crippen LogP contribution in [-0.2, 0) is 0 Å². The van der Waals surface area contributed by atoms with Gasteiger partial charge in [0.15, 0.2) is 0 Å². The van der Waals surface area contributed by atoms with E-state index in [0.717, 1.165) is 44.6 Å². The summed E-state index contributed by atoms with van der Waals surface area (Å²) in [5, 5.41) is 6.93. The van der Waals surface area contributed by atoms with E-state index in [-0.39, 0.29) is 0 Å². The zero-order valence-electron chi connectivity index (χ0n) is 18.6. The highest BCUT2D eigenvalue weighted by Crippen LogP contribution is 2.34. The lowest BCUT2D eigenvalue weighted by atomic mass is 10.1. The molecule has 0 atom stereocenters. The lowest BCUT2D eigenvalue weighted by Crippen LogP contribution is -2.15. The SMILES string of the molecule is CCN=c1scc(-c2cc(OC)ccc2OC)n1N=C(C)c1ccc(OC)cc1OC. The van der Waals surface area contributed by atoms with Gasteiger partial charge in [0.2, 0.25) is 4.80 Å². The first-order valence-electron chi connectivity index (χ1n) is 9.77. The Morgan fingerprint density at radius 1 is 0.903 bits per heavy atom. The second-order valence-corrected chi connectivity index (χ2v) is 7.34. The average Bonchev–Trinajstić information content (AvgIpc) is 3.20. The topological polar surface area (TPSA) is 66.6 Å². The Balaban J connectivity index is 2.21. The predicted molar refractivity (Wildman–Crippen MR) is 124 cm³/mol. The monoisotopic (exact) mass is 441 g/mol. The van der Waals surface area contributed by atoms with Gasteiger partial charge in [-0.25, -0.2) is 4.68 Å². The molecular weight excluding hydrogens is 414 g/mol.